The summed E-state index contributed by atoms with van der Waals surface area (Å²) in [5.74, 6) is 1.98. The first-order valence-electron chi connectivity index (χ1n) is 16.6. The third-order valence-electron chi connectivity index (χ3n) is 9.64. The van der Waals surface area contributed by atoms with Crippen LogP contribution in [0, 0.1) is 0 Å². The molecule has 0 N–H and O–H groups in total. The van der Waals surface area contributed by atoms with Crippen molar-refractivity contribution in [3.63, 3.8) is 0 Å². The standard InChI is InChI=1S/C45H31N3Si/c1-5-16-33(17-6-1)43-46-44(34-18-7-2-8-19-34)48-45(47-43)35-30-28-32(29-31-35)38-25-15-27-41-42(38)39-24-13-14-26-40(39)49(41,36-20-9-3-10-21-36)37-22-11-4-12-23-37/h1-31H. The summed E-state index contributed by atoms with van der Waals surface area (Å²) < 4.78 is 0. The number of benzene rings is 7. The van der Waals surface area contributed by atoms with E-state index in [-0.39, 0.29) is 0 Å². The van der Waals surface area contributed by atoms with Gasteiger partial charge in [0.05, 0.1) is 0 Å². The van der Waals surface area contributed by atoms with Crippen molar-refractivity contribution in [2.24, 2.45) is 0 Å². The molecule has 1 aliphatic rings. The smallest absolute Gasteiger partial charge is 0.180 e. The van der Waals surface area contributed by atoms with Gasteiger partial charge in [0, 0.05) is 16.7 Å². The van der Waals surface area contributed by atoms with Crippen LogP contribution >= 0.6 is 0 Å². The molecule has 4 heteroatoms. The van der Waals surface area contributed by atoms with Crippen molar-refractivity contribution in [2.75, 3.05) is 0 Å². The van der Waals surface area contributed by atoms with Crippen LogP contribution in [0.15, 0.2) is 188 Å². The van der Waals surface area contributed by atoms with Gasteiger partial charge in [-0.05, 0) is 43.0 Å². The molecule has 0 fully saturated rings. The molecule has 0 radical (unpaired) electrons. The second-order valence-corrected chi connectivity index (χ2v) is 16.1. The Kier molecular flexibility index (Phi) is 7.14. The van der Waals surface area contributed by atoms with Crippen LogP contribution in [0.3, 0.4) is 0 Å². The van der Waals surface area contributed by atoms with Crippen LogP contribution in [-0.2, 0) is 0 Å². The molecule has 1 aromatic heterocycles. The molecule has 0 spiro atoms. The Bertz CT molecular complexity index is 2310. The summed E-state index contributed by atoms with van der Waals surface area (Å²) in [5.41, 5.74) is 7.94. The van der Waals surface area contributed by atoms with E-state index in [4.69, 9.17) is 15.0 Å². The van der Waals surface area contributed by atoms with Gasteiger partial charge in [0.25, 0.3) is 0 Å². The van der Waals surface area contributed by atoms with Crippen LogP contribution in [-0.4, -0.2) is 23.0 Å². The van der Waals surface area contributed by atoms with Gasteiger partial charge in [0.2, 0.25) is 0 Å². The zero-order valence-electron chi connectivity index (χ0n) is 26.7. The maximum absolute atomic E-state index is 4.96. The fraction of sp³-hybridized carbons (Fsp3) is 0. The minimum atomic E-state index is -2.56. The number of hydrogen-bond donors (Lipinski definition) is 0. The zero-order valence-corrected chi connectivity index (χ0v) is 27.7. The van der Waals surface area contributed by atoms with Gasteiger partial charge >= 0.3 is 0 Å². The summed E-state index contributed by atoms with van der Waals surface area (Å²) in [5, 5.41) is 5.68. The number of hydrogen-bond acceptors (Lipinski definition) is 3. The van der Waals surface area contributed by atoms with Gasteiger partial charge in [0.15, 0.2) is 25.5 Å². The number of aromatic nitrogens is 3. The molecule has 0 amide bonds. The average molecular weight is 642 g/mol. The molecule has 0 aliphatic carbocycles. The van der Waals surface area contributed by atoms with E-state index in [1.807, 2.05) is 60.7 Å². The summed E-state index contributed by atoms with van der Waals surface area (Å²) in [4.78, 5) is 14.8. The van der Waals surface area contributed by atoms with Crippen molar-refractivity contribution < 1.29 is 0 Å². The van der Waals surface area contributed by atoms with E-state index in [0.29, 0.717) is 17.5 Å². The summed E-state index contributed by atoms with van der Waals surface area (Å²) in [6, 6.07) is 67.2. The molecule has 7 aromatic carbocycles. The van der Waals surface area contributed by atoms with Crippen LogP contribution in [0.2, 0.25) is 0 Å². The van der Waals surface area contributed by atoms with Crippen molar-refractivity contribution in [1.29, 1.82) is 0 Å². The molecule has 0 saturated carbocycles. The van der Waals surface area contributed by atoms with E-state index in [1.54, 1.807) is 0 Å². The summed E-state index contributed by atoms with van der Waals surface area (Å²) in [6.07, 6.45) is 0. The molecule has 2 heterocycles. The van der Waals surface area contributed by atoms with Crippen molar-refractivity contribution in [3.8, 4) is 56.4 Å². The molecular weight excluding hydrogens is 611 g/mol. The summed E-state index contributed by atoms with van der Waals surface area (Å²) in [7, 11) is -2.56. The second kappa shape index (κ2) is 12.1. The first kappa shape index (κ1) is 28.9. The molecule has 0 saturated heterocycles. The molecule has 0 bridgehead atoms. The molecule has 0 atom stereocenters. The molecular formula is C45H31N3Si. The largest absolute Gasteiger partial charge is 0.208 e. The van der Waals surface area contributed by atoms with Gasteiger partial charge in [-0.15, -0.1) is 0 Å². The average Bonchev–Trinajstić information content (AvgIpc) is 3.50. The second-order valence-electron chi connectivity index (χ2n) is 12.4. The highest BCUT2D eigenvalue weighted by Gasteiger charge is 2.49. The lowest BCUT2D eigenvalue weighted by atomic mass is 9.94. The molecule has 8 aromatic rings. The molecule has 0 unspecified atom stereocenters. The van der Waals surface area contributed by atoms with Gasteiger partial charge in [-0.3, -0.25) is 0 Å². The quantitative estimate of drug-likeness (QED) is 0.173. The van der Waals surface area contributed by atoms with Gasteiger partial charge < -0.3 is 0 Å². The third-order valence-corrected chi connectivity index (χ3v) is 14.5. The maximum Gasteiger partial charge on any atom is 0.180 e. The van der Waals surface area contributed by atoms with Crippen LogP contribution in [0.5, 0.6) is 0 Å². The van der Waals surface area contributed by atoms with Crippen LogP contribution in [0.1, 0.15) is 0 Å². The molecule has 49 heavy (non-hydrogen) atoms. The molecule has 9 rings (SSSR count). The van der Waals surface area contributed by atoms with E-state index in [0.717, 1.165) is 16.7 Å². The van der Waals surface area contributed by atoms with Gasteiger partial charge in [0.1, 0.15) is 0 Å². The molecule has 1 aliphatic heterocycles. The number of fused-ring (bicyclic) bond motifs is 3. The van der Waals surface area contributed by atoms with Gasteiger partial charge in [-0.1, -0.05) is 188 Å². The van der Waals surface area contributed by atoms with Crippen LogP contribution < -0.4 is 20.7 Å². The molecule has 230 valence electrons. The van der Waals surface area contributed by atoms with E-state index in [9.17, 15) is 0 Å². The van der Waals surface area contributed by atoms with E-state index in [2.05, 4.69) is 127 Å². The van der Waals surface area contributed by atoms with Gasteiger partial charge in [-0.25, -0.2) is 15.0 Å². The lowest BCUT2D eigenvalue weighted by Gasteiger charge is -2.31. The highest BCUT2D eigenvalue weighted by molar-refractivity contribution is 7.22. The minimum absolute atomic E-state index is 0.655. The Morgan fingerprint density at radius 3 is 1.20 bits per heavy atom. The maximum atomic E-state index is 4.96. The third kappa shape index (κ3) is 4.84. The van der Waals surface area contributed by atoms with E-state index < -0.39 is 8.07 Å². The molecule has 3 nitrogen and oxygen atoms in total. The van der Waals surface area contributed by atoms with Crippen molar-refractivity contribution in [2.45, 2.75) is 0 Å². The van der Waals surface area contributed by atoms with Gasteiger partial charge in [-0.2, -0.15) is 0 Å². The Morgan fingerprint density at radius 1 is 0.286 bits per heavy atom. The predicted molar refractivity (Wildman–Crippen MR) is 204 cm³/mol. The highest BCUT2D eigenvalue weighted by atomic mass is 28.3. The monoisotopic (exact) mass is 641 g/mol. The van der Waals surface area contributed by atoms with Crippen LogP contribution in [0.4, 0.5) is 0 Å². The topological polar surface area (TPSA) is 38.7 Å². The highest BCUT2D eigenvalue weighted by Crippen LogP contribution is 2.37. The van der Waals surface area contributed by atoms with Crippen molar-refractivity contribution in [3.05, 3.63) is 188 Å². The first-order chi connectivity index (χ1) is 24.3. The number of nitrogens with zero attached hydrogens (tertiary/aromatic N) is 3. The fourth-order valence-corrected chi connectivity index (χ4v) is 12.7. The Hall–Kier alpha value is -6.23. The lowest BCUT2D eigenvalue weighted by Crippen LogP contribution is -2.72. The van der Waals surface area contributed by atoms with Crippen molar-refractivity contribution in [1.82, 2.24) is 15.0 Å². The lowest BCUT2D eigenvalue weighted by molar-refractivity contribution is 1.07. The minimum Gasteiger partial charge on any atom is -0.208 e. The summed E-state index contributed by atoms with van der Waals surface area (Å²) >= 11 is 0. The summed E-state index contributed by atoms with van der Waals surface area (Å²) in [6.45, 7) is 0. The normalized spacial score (nSPS) is 12.7. The van der Waals surface area contributed by atoms with Crippen molar-refractivity contribution >= 4 is 28.8 Å². The Labute approximate surface area is 287 Å². The van der Waals surface area contributed by atoms with Crippen LogP contribution in [0.25, 0.3) is 56.4 Å². The zero-order chi connectivity index (χ0) is 32.6. The van der Waals surface area contributed by atoms with E-state index in [1.165, 1.54) is 43.0 Å². The first-order valence-corrected chi connectivity index (χ1v) is 18.6. The van der Waals surface area contributed by atoms with E-state index >= 15 is 0 Å². The predicted octanol–water partition coefficient (Wildman–Crippen LogP) is 7.90. The Balaban J connectivity index is 1.20. The fourth-order valence-electron chi connectivity index (χ4n) is 7.47. The Morgan fingerprint density at radius 2 is 0.673 bits per heavy atom. The SMILES string of the molecule is c1ccc(-c2nc(-c3ccccc3)nc(-c3ccc(-c4cccc5c4-c4ccccc4[Si]5(c4ccccc4)c4ccccc4)cc3)n2)cc1. The number of rotatable bonds is 6.